The fourth-order valence-electron chi connectivity index (χ4n) is 2.36. The molecular formula is C18H16N4OS. The number of anilines is 1. The van der Waals surface area contributed by atoms with Crippen molar-refractivity contribution in [3.05, 3.63) is 76.4 Å². The van der Waals surface area contributed by atoms with Crippen LogP contribution in [0.4, 0.5) is 5.82 Å². The first-order valence-corrected chi connectivity index (χ1v) is 8.36. The molecule has 0 amide bonds. The van der Waals surface area contributed by atoms with E-state index in [2.05, 4.69) is 9.97 Å². The predicted molar refractivity (Wildman–Crippen MR) is 93.5 cm³/mol. The van der Waals surface area contributed by atoms with E-state index in [9.17, 15) is 5.11 Å². The molecule has 24 heavy (non-hydrogen) atoms. The molecule has 0 aliphatic heterocycles. The second-order valence-corrected chi connectivity index (χ2v) is 6.25. The number of aromatic nitrogens is 2. The summed E-state index contributed by atoms with van der Waals surface area (Å²) in [6, 6.07) is 15.8. The molecule has 0 unspecified atom stereocenters. The number of aliphatic hydroxyl groups excluding tert-OH is 1. The average molecular weight is 336 g/mol. The van der Waals surface area contributed by atoms with Gasteiger partial charge in [-0.2, -0.15) is 5.26 Å². The number of thiophene rings is 1. The fraction of sp³-hybridized carbons (Fsp3) is 0.167. The number of nitrogens with zero attached hydrogens (tertiary/aromatic N) is 4. The van der Waals surface area contributed by atoms with Crippen LogP contribution in [0, 0.1) is 11.3 Å². The predicted octanol–water partition coefficient (Wildman–Crippen LogP) is 3.15. The van der Waals surface area contributed by atoms with E-state index in [0.29, 0.717) is 18.9 Å². The van der Waals surface area contributed by atoms with E-state index in [1.807, 2.05) is 58.8 Å². The number of rotatable bonds is 6. The average Bonchev–Trinajstić information content (AvgIpc) is 3.17. The summed E-state index contributed by atoms with van der Waals surface area (Å²) < 4.78 is 0. The molecule has 6 heteroatoms. The number of aliphatic hydroxyl groups is 1. The Morgan fingerprint density at radius 2 is 1.96 bits per heavy atom. The lowest BCUT2D eigenvalue weighted by molar-refractivity contribution is 0.186. The van der Waals surface area contributed by atoms with Crippen LogP contribution >= 0.6 is 11.3 Å². The van der Waals surface area contributed by atoms with Gasteiger partial charge in [-0.05, 0) is 17.0 Å². The van der Waals surface area contributed by atoms with Crippen LogP contribution in [0.3, 0.4) is 0 Å². The highest BCUT2D eigenvalue weighted by atomic mass is 32.1. The molecule has 0 radical (unpaired) electrons. The fourth-order valence-corrected chi connectivity index (χ4v) is 3.07. The van der Waals surface area contributed by atoms with Crippen molar-refractivity contribution in [2.45, 2.75) is 12.6 Å². The standard InChI is InChI=1S/C18H16N4OS/c19-9-15-10-21-18(11-20-15)22(12-14-5-2-1-3-6-14)13-16(23)17-7-4-8-24-17/h1-8,10-11,16,23H,12-13H2/t16-/m1/s1. The van der Waals surface area contributed by atoms with E-state index in [-0.39, 0.29) is 5.69 Å². The van der Waals surface area contributed by atoms with E-state index >= 15 is 0 Å². The first-order chi connectivity index (χ1) is 11.8. The molecule has 5 nitrogen and oxygen atoms in total. The minimum atomic E-state index is -0.605. The third kappa shape index (κ3) is 3.96. The van der Waals surface area contributed by atoms with Crippen LogP contribution in [0.1, 0.15) is 22.2 Å². The van der Waals surface area contributed by atoms with Gasteiger partial charge in [-0.1, -0.05) is 36.4 Å². The lowest BCUT2D eigenvalue weighted by atomic mass is 10.2. The van der Waals surface area contributed by atoms with Crippen LogP contribution in [0.25, 0.3) is 0 Å². The lowest BCUT2D eigenvalue weighted by Crippen LogP contribution is -2.29. The van der Waals surface area contributed by atoms with Gasteiger partial charge in [-0.3, -0.25) is 0 Å². The first kappa shape index (κ1) is 16.1. The zero-order chi connectivity index (χ0) is 16.8. The Balaban J connectivity index is 1.83. The van der Waals surface area contributed by atoms with Crippen molar-refractivity contribution in [1.82, 2.24) is 9.97 Å². The van der Waals surface area contributed by atoms with Gasteiger partial charge in [0.1, 0.15) is 18.0 Å². The van der Waals surface area contributed by atoms with Crippen molar-refractivity contribution in [2.24, 2.45) is 0 Å². The SMILES string of the molecule is N#Cc1cnc(N(Cc2ccccc2)C[C@@H](O)c2cccs2)cn1. The number of hydrogen-bond acceptors (Lipinski definition) is 6. The van der Waals surface area contributed by atoms with Crippen molar-refractivity contribution in [1.29, 1.82) is 5.26 Å². The molecule has 0 aliphatic carbocycles. The molecule has 0 aliphatic rings. The van der Waals surface area contributed by atoms with Crippen LogP contribution in [-0.4, -0.2) is 21.6 Å². The normalized spacial score (nSPS) is 11.7. The molecule has 1 aromatic carbocycles. The molecule has 0 fully saturated rings. The van der Waals surface area contributed by atoms with Gasteiger partial charge in [0.05, 0.1) is 18.9 Å². The zero-order valence-corrected chi connectivity index (χ0v) is 13.7. The van der Waals surface area contributed by atoms with Crippen LogP contribution in [0.5, 0.6) is 0 Å². The highest BCUT2D eigenvalue weighted by molar-refractivity contribution is 7.10. The van der Waals surface area contributed by atoms with Gasteiger partial charge in [0.25, 0.3) is 0 Å². The topological polar surface area (TPSA) is 73.0 Å². The summed E-state index contributed by atoms with van der Waals surface area (Å²) in [7, 11) is 0. The molecule has 2 heterocycles. The Morgan fingerprint density at radius 1 is 1.12 bits per heavy atom. The summed E-state index contributed by atoms with van der Waals surface area (Å²) in [5, 5.41) is 21.3. The molecule has 3 rings (SSSR count). The monoisotopic (exact) mass is 336 g/mol. The van der Waals surface area contributed by atoms with Gasteiger partial charge in [0.2, 0.25) is 0 Å². The summed E-state index contributed by atoms with van der Waals surface area (Å²) in [6.45, 7) is 1.000. The summed E-state index contributed by atoms with van der Waals surface area (Å²) in [6.07, 6.45) is 2.42. The van der Waals surface area contributed by atoms with E-state index in [0.717, 1.165) is 10.4 Å². The second kappa shape index (κ2) is 7.68. The van der Waals surface area contributed by atoms with Gasteiger partial charge < -0.3 is 10.0 Å². The van der Waals surface area contributed by atoms with E-state index in [4.69, 9.17) is 5.26 Å². The smallest absolute Gasteiger partial charge is 0.158 e. The van der Waals surface area contributed by atoms with Gasteiger partial charge in [0.15, 0.2) is 5.69 Å². The Labute approximate surface area is 144 Å². The van der Waals surface area contributed by atoms with Crippen molar-refractivity contribution in [3.63, 3.8) is 0 Å². The number of hydrogen-bond donors (Lipinski definition) is 1. The van der Waals surface area contributed by atoms with Gasteiger partial charge >= 0.3 is 0 Å². The number of benzene rings is 1. The molecule has 120 valence electrons. The summed E-state index contributed by atoms with van der Waals surface area (Å²) >= 11 is 1.52. The van der Waals surface area contributed by atoms with E-state index in [1.54, 1.807) is 6.20 Å². The third-order valence-electron chi connectivity index (χ3n) is 3.56. The lowest BCUT2D eigenvalue weighted by Gasteiger charge is -2.25. The first-order valence-electron chi connectivity index (χ1n) is 7.49. The molecule has 3 aromatic rings. The minimum absolute atomic E-state index is 0.275. The van der Waals surface area contributed by atoms with Crippen molar-refractivity contribution in [3.8, 4) is 6.07 Å². The molecule has 2 aromatic heterocycles. The third-order valence-corrected chi connectivity index (χ3v) is 4.53. The molecule has 1 atom stereocenters. The Hall–Kier alpha value is -2.75. The van der Waals surface area contributed by atoms with Crippen LogP contribution in [0.15, 0.2) is 60.2 Å². The molecule has 0 saturated heterocycles. The summed E-state index contributed by atoms with van der Waals surface area (Å²) in [4.78, 5) is 11.3. The Morgan fingerprint density at radius 3 is 2.58 bits per heavy atom. The van der Waals surface area contributed by atoms with E-state index in [1.165, 1.54) is 17.5 Å². The van der Waals surface area contributed by atoms with Gasteiger partial charge in [-0.25, -0.2) is 9.97 Å². The number of nitriles is 1. The summed E-state index contributed by atoms with van der Waals surface area (Å²) in [5.74, 6) is 0.633. The van der Waals surface area contributed by atoms with Crippen LogP contribution in [0.2, 0.25) is 0 Å². The molecule has 0 saturated carbocycles. The Bertz CT molecular complexity index is 797. The molecule has 0 spiro atoms. The largest absolute Gasteiger partial charge is 0.386 e. The van der Waals surface area contributed by atoms with Gasteiger partial charge in [0, 0.05) is 11.4 Å². The quantitative estimate of drug-likeness (QED) is 0.748. The van der Waals surface area contributed by atoms with Crippen LogP contribution in [-0.2, 0) is 6.54 Å². The zero-order valence-electron chi connectivity index (χ0n) is 12.9. The highest BCUT2D eigenvalue weighted by Gasteiger charge is 2.17. The second-order valence-electron chi connectivity index (χ2n) is 5.27. The highest BCUT2D eigenvalue weighted by Crippen LogP contribution is 2.23. The van der Waals surface area contributed by atoms with Crippen molar-refractivity contribution in [2.75, 3.05) is 11.4 Å². The van der Waals surface area contributed by atoms with Crippen molar-refractivity contribution < 1.29 is 5.11 Å². The molecule has 1 N–H and O–H groups in total. The Kier molecular flexibility index (Phi) is 5.16. The van der Waals surface area contributed by atoms with Gasteiger partial charge in [-0.15, -0.1) is 11.3 Å². The molecule has 0 bridgehead atoms. The van der Waals surface area contributed by atoms with E-state index < -0.39 is 6.10 Å². The maximum atomic E-state index is 10.5. The maximum Gasteiger partial charge on any atom is 0.158 e. The molecular weight excluding hydrogens is 320 g/mol. The van der Waals surface area contributed by atoms with Crippen molar-refractivity contribution >= 4 is 17.2 Å². The van der Waals surface area contributed by atoms with Crippen LogP contribution < -0.4 is 4.90 Å². The maximum absolute atomic E-state index is 10.5. The summed E-state index contributed by atoms with van der Waals surface area (Å²) in [5.41, 5.74) is 1.39. The minimum Gasteiger partial charge on any atom is -0.386 e.